The first-order chi connectivity index (χ1) is 8.45. The summed E-state index contributed by atoms with van der Waals surface area (Å²) in [7, 11) is 0. The molecule has 0 unspecified atom stereocenters. The van der Waals surface area contributed by atoms with Gasteiger partial charge in [-0.15, -0.1) is 0 Å². The molecule has 0 heterocycles. The first-order valence-corrected chi connectivity index (χ1v) is 5.55. The Kier molecular flexibility index (Phi) is 4.76. The van der Waals surface area contributed by atoms with Gasteiger partial charge in [0.05, 0.1) is 23.5 Å². The molecule has 0 N–H and O–H groups in total. The minimum Gasteiger partial charge on any atom is -0.466 e. The van der Waals surface area contributed by atoms with Gasteiger partial charge in [0.25, 0.3) is 5.69 Å². The molecule has 5 nitrogen and oxygen atoms in total. The number of ether oxygens (including phenoxy) is 1. The van der Waals surface area contributed by atoms with Crippen molar-refractivity contribution in [2.75, 3.05) is 6.61 Å². The van der Waals surface area contributed by atoms with Crippen LogP contribution in [0.1, 0.15) is 19.4 Å². The van der Waals surface area contributed by atoms with Crippen LogP contribution >= 0.6 is 0 Å². The summed E-state index contributed by atoms with van der Waals surface area (Å²) < 4.78 is 17.7. The van der Waals surface area contributed by atoms with Gasteiger partial charge in [-0.3, -0.25) is 14.9 Å². The van der Waals surface area contributed by atoms with Gasteiger partial charge in [-0.1, -0.05) is 6.92 Å². The zero-order chi connectivity index (χ0) is 13.7. The maximum Gasteiger partial charge on any atom is 0.308 e. The van der Waals surface area contributed by atoms with Crippen LogP contribution in [0.5, 0.6) is 0 Å². The maximum absolute atomic E-state index is 12.9. The van der Waals surface area contributed by atoms with E-state index in [0.717, 1.165) is 12.1 Å². The topological polar surface area (TPSA) is 69.4 Å². The fraction of sp³-hybridized carbons (Fsp3) is 0.417. The highest BCUT2D eigenvalue weighted by molar-refractivity contribution is 5.72. The van der Waals surface area contributed by atoms with Crippen molar-refractivity contribution in [1.29, 1.82) is 0 Å². The zero-order valence-corrected chi connectivity index (χ0v) is 10.2. The number of esters is 1. The predicted molar refractivity (Wildman–Crippen MR) is 62.6 cm³/mol. The Labute approximate surface area is 104 Å². The molecule has 0 spiro atoms. The van der Waals surface area contributed by atoms with Crippen LogP contribution < -0.4 is 0 Å². The van der Waals surface area contributed by atoms with Gasteiger partial charge in [0.15, 0.2) is 0 Å². The van der Waals surface area contributed by atoms with Gasteiger partial charge in [0.2, 0.25) is 0 Å². The Hall–Kier alpha value is -1.98. The van der Waals surface area contributed by atoms with E-state index in [2.05, 4.69) is 0 Å². The van der Waals surface area contributed by atoms with Crippen molar-refractivity contribution in [3.63, 3.8) is 0 Å². The van der Waals surface area contributed by atoms with Gasteiger partial charge in [-0.25, -0.2) is 4.39 Å². The summed E-state index contributed by atoms with van der Waals surface area (Å²) >= 11 is 0. The molecule has 1 rings (SSSR count). The third kappa shape index (κ3) is 3.51. The van der Waals surface area contributed by atoms with Gasteiger partial charge in [-0.2, -0.15) is 0 Å². The summed E-state index contributed by atoms with van der Waals surface area (Å²) in [5, 5.41) is 10.8. The molecular weight excluding hydrogens is 241 g/mol. The third-order valence-corrected chi connectivity index (χ3v) is 2.46. The molecule has 0 fully saturated rings. The first-order valence-electron chi connectivity index (χ1n) is 5.55. The maximum atomic E-state index is 12.9. The Morgan fingerprint density at radius 3 is 2.78 bits per heavy atom. The molecule has 98 valence electrons. The van der Waals surface area contributed by atoms with Crippen molar-refractivity contribution in [2.45, 2.75) is 20.3 Å². The molecule has 18 heavy (non-hydrogen) atoms. The lowest BCUT2D eigenvalue weighted by Gasteiger charge is -2.10. The number of carbonyl (C=O) groups is 1. The molecule has 1 aromatic carbocycles. The van der Waals surface area contributed by atoms with Crippen molar-refractivity contribution in [2.24, 2.45) is 5.92 Å². The number of rotatable bonds is 5. The normalized spacial score (nSPS) is 11.9. The summed E-state index contributed by atoms with van der Waals surface area (Å²) in [5.41, 5.74) is 0.00750. The average molecular weight is 255 g/mol. The minimum absolute atomic E-state index is 0.148. The zero-order valence-electron chi connectivity index (χ0n) is 10.2. The summed E-state index contributed by atoms with van der Waals surface area (Å²) in [6, 6.07) is 3.32. The van der Waals surface area contributed by atoms with Crippen molar-refractivity contribution < 1.29 is 18.8 Å². The number of hydrogen-bond acceptors (Lipinski definition) is 4. The molecule has 0 bridgehead atoms. The quantitative estimate of drug-likeness (QED) is 0.460. The molecule has 0 radical (unpaired) electrons. The van der Waals surface area contributed by atoms with Crippen LogP contribution in [0.15, 0.2) is 18.2 Å². The fourth-order valence-electron chi connectivity index (χ4n) is 1.58. The molecule has 0 aliphatic rings. The minimum atomic E-state index is -0.672. The number of benzene rings is 1. The van der Waals surface area contributed by atoms with Gasteiger partial charge >= 0.3 is 5.97 Å². The van der Waals surface area contributed by atoms with Crippen LogP contribution in [0.3, 0.4) is 0 Å². The van der Waals surface area contributed by atoms with Crippen LogP contribution in [0.2, 0.25) is 0 Å². The highest BCUT2D eigenvalue weighted by atomic mass is 19.1. The highest BCUT2D eigenvalue weighted by Gasteiger charge is 2.21. The molecule has 0 aromatic heterocycles. The third-order valence-electron chi connectivity index (χ3n) is 2.46. The highest BCUT2D eigenvalue weighted by Crippen LogP contribution is 2.23. The van der Waals surface area contributed by atoms with Crippen LogP contribution in [0.4, 0.5) is 10.1 Å². The van der Waals surface area contributed by atoms with Crippen molar-refractivity contribution in [3.05, 3.63) is 39.7 Å². The van der Waals surface area contributed by atoms with Crippen LogP contribution in [0.25, 0.3) is 0 Å². The monoisotopic (exact) mass is 255 g/mol. The van der Waals surface area contributed by atoms with Gasteiger partial charge < -0.3 is 4.74 Å². The summed E-state index contributed by atoms with van der Waals surface area (Å²) in [6.45, 7) is 3.56. The smallest absolute Gasteiger partial charge is 0.308 e. The molecule has 0 amide bonds. The fourth-order valence-corrected chi connectivity index (χ4v) is 1.58. The van der Waals surface area contributed by atoms with Crippen molar-refractivity contribution in [1.82, 2.24) is 0 Å². The number of hydrogen-bond donors (Lipinski definition) is 0. The molecule has 6 heteroatoms. The van der Waals surface area contributed by atoms with E-state index in [1.807, 2.05) is 0 Å². The van der Waals surface area contributed by atoms with E-state index in [1.165, 1.54) is 6.07 Å². The molecule has 0 aliphatic heterocycles. The molecule has 0 saturated carbocycles. The summed E-state index contributed by atoms with van der Waals surface area (Å²) in [4.78, 5) is 21.5. The van der Waals surface area contributed by atoms with E-state index in [9.17, 15) is 19.3 Å². The molecule has 1 atom stereocenters. The number of nitro groups is 1. The summed E-state index contributed by atoms with van der Waals surface area (Å²) in [5.74, 6) is -1.60. The predicted octanol–water partition coefficient (Wildman–Crippen LogP) is 2.48. The van der Waals surface area contributed by atoms with Gasteiger partial charge in [0.1, 0.15) is 5.82 Å². The van der Waals surface area contributed by atoms with E-state index in [-0.39, 0.29) is 18.7 Å². The second-order valence-corrected chi connectivity index (χ2v) is 3.89. The van der Waals surface area contributed by atoms with Crippen molar-refractivity contribution in [3.8, 4) is 0 Å². The largest absolute Gasteiger partial charge is 0.466 e. The average Bonchev–Trinajstić information content (AvgIpc) is 2.31. The van der Waals surface area contributed by atoms with Gasteiger partial charge in [-0.05, 0) is 25.5 Å². The van der Waals surface area contributed by atoms with E-state index >= 15 is 0 Å². The van der Waals surface area contributed by atoms with E-state index < -0.39 is 22.6 Å². The Morgan fingerprint density at radius 2 is 2.22 bits per heavy atom. The van der Waals surface area contributed by atoms with Crippen LogP contribution in [0, 0.1) is 21.8 Å². The van der Waals surface area contributed by atoms with Gasteiger partial charge in [0, 0.05) is 5.56 Å². The SMILES string of the molecule is CCOC(=O)[C@H](C)Cc1ccc(F)cc1[N+](=O)[O-]. The van der Waals surface area contributed by atoms with Crippen LogP contribution in [-0.2, 0) is 16.0 Å². The van der Waals surface area contributed by atoms with E-state index in [0.29, 0.717) is 5.56 Å². The number of halogens is 1. The number of nitro benzene ring substituents is 1. The van der Waals surface area contributed by atoms with Crippen LogP contribution in [-0.4, -0.2) is 17.5 Å². The Bertz CT molecular complexity index is 461. The second kappa shape index (κ2) is 6.09. The lowest BCUT2D eigenvalue weighted by molar-refractivity contribution is -0.385. The molecule has 1 aromatic rings. The van der Waals surface area contributed by atoms with E-state index in [4.69, 9.17) is 4.74 Å². The lowest BCUT2D eigenvalue weighted by Crippen LogP contribution is -2.17. The second-order valence-electron chi connectivity index (χ2n) is 3.89. The van der Waals surface area contributed by atoms with Crippen molar-refractivity contribution >= 4 is 11.7 Å². The van der Waals surface area contributed by atoms with E-state index in [1.54, 1.807) is 13.8 Å². The molecule has 0 saturated heterocycles. The number of carbonyl (C=O) groups excluding carboxylic acids is 1. The lowest BCUT2D eigenvalue weighted by atomic mass is 10.00. The standard InChI is InChI=1S/C12H14FNO4/c1-3-18-12(15)8(2)6-9-4-5-10(13)7-11(9)14(16)17/h4-5,7-8H,3,6H2,1-2H3/t8-/m1/s1. The Morgan fingerprint density at radius 1 is 1.56 bits per heavy atom. The molecule has 0 aliphatic carbocycles. The number of nitrogens with zero attached hydrogens (tertiary/aromatic N) is 1. The first kappa shape index (κ1) is 14.1. The Balaban J connectivity index is 2.90. The molecular formula is C12H14FNO4. The summed E-state index contributed by atoms with van der Waals surface area (Å²) in [6.07, 6.45) is 0.148.